The van der Waals surface area contributed by atoms with Gasteiger partial charge in [0.15, 0.2) is 11.5 Å². The van der Waals surface area contributed by atoms with Crippen LogP contribution in [0.5, 0.6) is 11.5 Å². The Balaban J connectivity index is 1.97. The lowest BCUT2D eigenvalue weighted by atomic mass is 9.72. The van der Waals surface area contributed by atoms with E-state index in [1.807, 2.05) is 25.2 Å². The van der Waals surface area contributed by atoms with Gasteiger partial charge in [0.25, 0.3) is 10.1 Å². The molecule has 186 valence electrons. The lowest BCUT2D eigenvalue weighted by Crippen LogP contribution is -2.19. The molecule has 0 saturated heterocycles. The van der Waals surface area contributed by atoms with Gasteiger partial charge in [0.05, 0.1) is 25.7 Å². The van der Waals surface area contributed by atoms with Crippen LogP contribution >= 0.6 is 0 Å². The molecular formula is C28H38O5S. The zero-order valence-corrected chi connectivity index (χ0v) is 22.3. The molecule has 1 aliphatic carbocycles. The van der Waals surface area contributed by atoms with Crippen molar-refractivity contribution in [3.63, 3.8) is 0 Å². The SMILES string of the molecule is COc1ccc(S(=O)(=O)OC/C=C(C)/C=C/C=C(C)/C=C/C2=C(C)CCCC2(C)C)cc1OC. The van der Waals surface area contributed by atoms with Gasteiger partial charge < -0.3 is 9.47 Å². The zero-order valence-electron chi connectivity index (χ0n) is 21.5. The number of ether oxygens (including phenoxy) is 2. The van der Waals surface area contributed by atoms with Crippen molar-refractivity contribution in [3.05, 3.63) is 76.9 Å². The highest BCUT2D eigenvalue weighted by Gasteiger charge is 2.26. The Morgan fingerprint density at radius 2 is 1.76 bits per heavy atom. The van der Waals surface area contributed by atoms with Gasteiger partial charge in [-0.3, -0.25) is 4.18 Å². The molecule has 34 heavy (non-hydrogen) atoms. The van der Waals surface area contributed by atoms with Crippen molar-refractivity contribution in [2.45, 2.75) is 58.8 Å². The van der Waals surface area contributed by atoms with Crippen LogP contribution in [0.1, 0.15) is 53.9 Å². The molecule has 1 aromatic rings. The average Bonchev–Trinajstić information content (AvgIpc) is 2.77. The van der Waals surface area contributed by atoms with Crippen LogP contribution in [0, 0.1) is 5.41 Å². The first-order valence-electron chi connectivity index (χ1n) is 11.5. The maximum Gasteiger partial charge on any atom is 0.297 e. The Morgan fingerprint density at radius 3 is 2.41 bits per heavy atom. The monoisotopic (exact) mass is 486 g/mol. The van der Waals surface area contributed by atoms with E-state index in [1.165, 1.54) is 62.8 Å². The van der Waals surface area contributed by atoms with E-state index in [2.05, 4.69) is 39.8 Å². The van der Waals surface area contributed by atoms with Gasteiger partial charge in [-0.2, -0.15) is 8.42 Å². The van der Waals surface area contributed by atoms with E-state index in [1.54, 1.807) is 6.08 Å². The van der Waals surface area contributed by atoms with E-state index >= 15 is 0 Å². The molecule has 0 radical (unpaired) electrons. The van der Waals surface area contributed by atoms with Crippen molar-refractivity contribution < 1.29 is 22.1 Å². The standard InChI is InChI=1S/C28H38O5S/c1-21(13-15-25-23(3)12-9-18-28(25,4)5)10-8-11-22(2)17-19-33-34(29,30)24-14-16-26(31-6)27(20-24)32-7/h8,10-11,13-17,20H,9,12,18-19H2,1-7H3/b11-8+,15-13+,21-10+,22-17+. The maximum atomic E-state index is 12.5. The van der Waals surface area contributed by atoms with E-state index < -0.39 is 10.1 Å². The topological polar surface area (TPSA) is 61.8 Å². The van der Waals surface area contributed by atoms with Crippen molar-refractivity contribution in [2.75, 3.05) is 20.8 Å². The summed E-state index contributed by atoms with van der Waals surface area (Å²) < 4.78 is 40.4. The molecule has 0 atom stereocenters. The van der Waals surface area contributed by atoms with Crippen LogP contribution in [0.15, 0.2) is 81.8 Å². The normalized spacial score (nSPS) is 17.6. The summed E-state index contributed by atoms with van der Waals surface area (Å²) in [5.41, 5.74) is 5.21. The Labute approximate surface area is 205 Å². The summed E-state index contributed by atoms with van der Waals surface area (Å²) in [4.78, 5) is 0.0172. The summed E-state index contributed by atoms with van der Waals surface area (Å²) in [6, 6.07) is 4.35. The molecular weight excluding hydrogens is 448 g/mol. The quantitative estimate of drug-likeness (QED) is 0.265. The lowest BCUT2D eigenvalue weighted by molar-refractivity contribution is 0.348. The molecule has 6 heteroatoms. The van der Waals surface area contributed by atoms with Gasteiger partial charge >= 0.3 is 0 Å². The van der Waals surface area contributed by atoms with E-state index in [-0.39, 0.29) is 16.9 Å². The number of hydrogen-bond donors (Lipinski definition) is 0. The van der Waals surface area contributed by atoms with E-state index in [0.29, 0.717) is 11.5 Å². The summed E-state index contributed by atoms with van der Waals surface area (Å²) in [6.45, 7) is 10.8. The van der Waals surface area contributed by atoms with Crippen LogP contribution in [-0.2, 0) is 14.3 Å². The summed E-state index contributed by atoms with van der Waals surface area (Å²) >= 11 is 0. The summed E-state index contributed by atoms with van der Waals surface area (Å²) in [6.07, 6.45) is 15.7. The minimum absolute atomic E-state index is 0.0172. The second kappa shape index (κ2) is 12.2. The lowest BCUT2D eigenvalue weighted by Gasteiger charge is -2.32. The second-order valence-electron chi connectivity index (χ2n) is 9.24. The van der Waals surface area contributed by atoms with Crippen molar-refractivity contribution in [1.29, 1.82) is 0 Å². The van der Waals surface area contributed by atoms with Crippen LogP contribution in [0.4, 0.5) is 0 Å². The van der Waals surface area contributed by atoms with Crippen LogP contribution in [0.2, 0.25) is 0 Å². The molecule has 0 bridgehead atoms. The van der Waals surface area contributed by atoms with Crippen LogP contribution in [-0.4, -0.2) is 29.2 Å². The highest BCUT2D eigenvalue weighted by molar-refractivity contribution is 7.86. The molecule has 0 unspecified atom stereocenters. The van der Waals surface area contributed by atoms with Gasteiger partial charge in [0, 0.05) is 6.07 Å². The maximum absolute atomic E-state index is 12.5. The Kier molecular flexibility index (Phi) is 9.95. The molecule has 0 spiro atoms. The largest absolute Gasteiger partial charge is 0.493 e. The number of allylic oxidation sites excluding steroid dienone is 9. The fourth-order valence-electron chi connectivity index (χ4n) is 4.00. The molecule has 1 aromatic carbocycles. The van der Waals surface area contributed by atoms with E-state index in [9.17, 15) is 8.42 Å². The van der Waals surface area contributed by atoms with Gasteiger partial charge in [-0.05, 0) is 63.2 Å². The van der Waals surface area contributed by atoms with Gasteiger partial charge in [-0.25, -0.2) is 0 Å². The fraction of sp³-hybridized carbons (Fsp3) is 0.429. The van der Waals surface area contributed by atoms with Gasteiger partial charge in [-0.1, -0.05) is 67.0 Å². The average molecular weight is 487 g/mol. The first kappa shape index (κ1) is 27.7. The van der Waals surface area contributed by atoms with E-state index in [0.717, 1.165) is 11.1 Å². The highest BCUT2D eigenvalue weighted by Crippen LogP contribution is 2.40. The predicted molar refractivity (Wildman–Crippen MR) is 139 cm³/mol. The fourth-order valence-corrected chi connectivity index (χ4v) is 4.86. The van der Waals surface area contributed by atoms with Crippen molar-refractivity contribution in [3.8, 4) is 11.5 Å². The first-order valence-corrected chi connectivity index (χ1v) is 12.9. The van der Waals surface area contributed by atoms with Crippen LogP contribution in [0.25, 0.3) is 0 Å². The molecule has 0 aromatic heterocycles. The van der Waals surface area contributed by atoms with E-state index in [4.69, 9.17) is 13.7 Å². The Hall–Kier alpha value is -2.57. The predicted octanol–water partition coefficient (Wildman–Crippen LogP) is 6.94. The second-order valence-corrected chi connectivity index (χ2v) is 10.9. The Morgan fingerprint density at radius 1 is 1.06 bits per heavy atom. The molecule has 1 aliphatic rings. The highest BCUT2D eigenvalue weighted by atomic mass is 32.2. The summed E-state index contributed by atoms with van der Waals surface area (Å²) in [7, 11) is -0.964. The molecule has 0 aliphatic heterocycles. The van der Waals surface area contributed by atoms with Crippen molar-refractivity contribution in [1.82, 2.24) is 0 Å². The minimum Gasteiger partial charge on any atom is -0.493 e. The summed E-state index contributed by atoms with van der Waals surface area (Å²) in [5, 5.41) is 0. The number of methoxy groups -OCH3 is 2. The molecule has 0 N–H and O–H groups in total. The molecule has 0 fully saturated rings. The third-order valence-corrected chi connectivity index (χ3v) is 7.32. The third-order valence-electron chi connectivity index (χ3n) is 6.05. The number of rotatable bonds is 10. The molecule has 2 rings (SSSR count). The first-order chi connectivity index (χ1) is 16.0. The van der Waals surface area contributed by atoms with Crippen LogP contribution < -0.4 is 9.47 Å². The van der Waals surface area contributed by atoms with Gasteiger partial charge in [-0.15, -0.1) is 0 Å². The Bertz CT molecular complexity index is 1120. The zero-order chi connectivity index (χ0) is 25.4. The smallest absolute Gasteiger partial charge is 0.297 e. The molecule has 0 amide bonds. The van der Waals surface area contributed by atoms with Gasteiger partial charge in [0.2, 0.25) is 0 Å². The summed E-state index contributed by atoms with van der Waals surface area (Å²) in [5.74, 6) is 0.784. The third kappa shape index (κ3) is 7.74. The van der Waals surface area contributed by atoms with Crippen molar-refractivity contribution >= 4 is 10.1 Å². The molecule has 5 nitrogen and oxygen atoms in total. The number of benzene rings is 1. The number of hydrogen-bond acceptors (Lipinski definition) is 5. The molecule has 0 heterocycles. The van der Waals surface area contributed by atoms with Crippen molar-refractivity contribution in [2.24, 2.45) is 5.41 Å². The minimum atomic E-state index is -3.91. The van der Waals surface area contributed by atoms with Gasteiger partial charge in [0.1, 0.15) is 0 Å². The molecule has 0 saturated carbocycles. The van der Waals surface area contributed by atoms with Crippen LogP contribution in [0.3, 0.4) is 0 Å².